The Hall–Kier alpha value is -1.17. The molecule has 0 aromatic heterocycles. The smallest absolute Gasteiger partial charge is 0.232 e. The Balaban J connectivity index is 1.99. The van der Waals surface area contributed by atoms with Crippen molar-refractivity contribution >= 4 is 29.0 Å². The number of hydrogen-bond acceptors (Lipinski definition) is 3. The van der Waals surface area contributed by atoms with Crippen LogP contribution in [0.5, 0.6) is 0 Å². The molecule has 2 saturated heterocycles. The Morgan fingerprint density at radius 1 is 1.58 bits per heavy atom. The molecular formula is C13H21N3O2S. The van der Waals surface area contributed by atoms with Crippen LogP contribution in [-0.4, -0.2) is 40.8 Å². The summed E-state index contributed by atoms with van der Waals surface area (Å²) in [5.41, 5.74) is 5.63. The highest BCUT2D eigenvalue weighted by atomic mass is 32.1. The first kappa shape index (κ1) is 14.2. The van der Waals surface area contributed by atoms with Gasteiger partial charge in [-0.2, -0.15) is 0 Å². The molecule has 0 saturated carbocycles. The first-order chi connectivity index (χ1) is 9.02. The van der Waals surface area contributed by atoms with Gasteiger partial charge in [0.2, 0.25) is 11.8 Å². The maximum Gasteiger partial charge on any atom is 0.232 e. The number of carbonyl (C=O) groups is 2. The Labute approximate surface area is 118 Å². The molecule has 2 amide bonds. The summed E-state index contributed by atoms with van der Waals surface area (Å²) < 4.78 is 0. The van der Waals surface area contributed by atoms with Crippen molar-refractivity contribution in [1.82, 2.24) is 10.2 Å². The van der Waals surface area contributed by atoms with Gasteiger partial charge in [-0.25, -0.2) is 0 Å². The third-order valence-electron chi connectivity index (χ3n) is 4.18. The number of piperidine rings is 2. The Kier molecular flexibility index (Phi) is 4.39. The van der Waals surface area contributed by atoms with Crippen LogP contribution in [0.4, 0.5) is 0 Å². The van der Waals surface area contributed by atoms with Crippen LogP contribution < -0.4 is 11.1 Å². The van der Waals surface area contributed by atoms with E-state index in [1.807, 2.05) is 11.8 Å². The van der Waals surface area contributed by atoms with Crippen LogP contribution in [0.2, 0.25) is 0 Å². The third kappa shape index (κ3) is 3.05. The van der Waals surface area contributed by atoms with E-state index >= 15 is 0 Å². The van der Waals surface area contributed by atoms with Gasteiger partial charge < -0.3 is 16.0 Å². The molecule has 2 rings (SSSR count). The van der Waals surface area contributed by atoms with Gasteiger partial charge in [0.05, 0.1) is 10.9 Å². The standard InChI is InChI=1S/C13H21N3O2S/c1-2-9(12(14)19)13(18)16-6-5-10-8(7-16)3-4-11(17)15-10/h8-10H,2-7H2,1H3,(H2,14,19)(H,15,17). The minimum atomic E-state index is -0.343. The number of rotatable bonds is 3. The average molecular weight is 283 g/mol. The number of nitrogens with zero attached hydrogens (tertiary/aromatic N) is 1. The summed E-state index contributed by atoms with van der Waals surface area (Å²) in [5.74, 6) is 0.213. The summed E-state index contributed by atoms with van der Waals surface area (Å²) in [5, 5.41) is 3.02. The van der Waals surface area contributed by atoms with Gasteiger partial charge in [-0.15, -0.1) is 0 Å². The highest BCUT2D eigenvalue weighted by molar-refractivity contribution is 7.80. The first-order valence-electron chi connectivity index (χ1n) is 6.90. The summed E-state index contributed by atoms with van der Waals surface area (Å²) in [6, 6.07) is 0.232. The minimum absolute atomic E-state index is 0.0466. The maximum atomic E-state index is 12.4. The minimum Gasteiger partial charge on any atom is -0.393 e. The van der Waals surface area contributed by atoms with Crippen LogP contribution in [0.25, 0.3) is 0 Å². The van der Waals surface area contributed by atoms with Gasteiger partial charge in [-0.3, -0.25) is 9.59 Å². The molecule has 2 aliphatic heterocycles. The van der Waals surface area contributed by atoms with E-state index in [-0.39, 0.29) is 28.8 Å². The summed E-state index contributed by atoms with van der Waals surface area (Å²) >= 11 is 4.97. The molecule has 0 bridgehead atoms. The molecule has 19 heavy (non-hydrogen) atoms. The van der Waals surface area contributed by atoms with Gasteiger partial charge in [0.1, 0.15) is 0 Å². The zero-order valence-corrected chi connectivity index (χ0v) is 12.0. The second kappa shape index (κ2) is 5.86. The number of thiocarbonyl (C=S) groups is 1. The van der Waals surface area contributed by atoms with E-state index in [0.29, 0.717) is 31.8 Å². The van der Waals surface area contributed by atoms with Crippen molar-refractivity contribution in [3.05, 3.63) is 0 Å². The highest BCUT2D eigenvalue weighted by Crippen LogP contribution is 2.26. The SMILES string of the molecule is CCC(C(=O)N1CCC2NC(=O)CCC2C1)C(N)=S. The predicted molar refractivity (Wildman–Crippen MR) is 76.4 cm³/mol. The molecule has 2 heterocycles. The molecule has 0 spiro atoms. The normalized spacial score (nSPS) is 28.3. The first-order valence-corrected chi connectivity index (χ1v) is 7.31. The fourth-order valence-electron chi connectivity index (χ4n) is 3.03. The Morgan fingerprint density at radius 3 is 2.95 bits per heavy atom. The second-order valence-electron chi connectivity index (χ2n) is 5.41. The van der Waals surface area contributed by atoms with E-state index in [0.717, 1.165) is 12.8 Å². The van der Waals surface area contributed by atoms with Gasteiger partial charge in [-0.1, -0.05) is 19.1 Å². The Morgan fingerprint density at radius 2 is 2.32 bits per heavy atom. The van der Waals surface area contributed by atoms with Gasteiger partial charge in [-0.05, 0) is 25.2 Å². The van der Waals surface area contributed by atoms with Crippen LogP contribution >= 0.6 is 12.2 Å². The summed E-state index contributed by atoms with van der Waals surface area (Å²) in [4.78, 5) is 25.9. The van der Waals surface area contributed by atoms with E-state index < -0.39 is 0 Å². The van der Waals surface area contributed by atoms with E-state index in [4.69, 9.17) is 18.0 Å². The molecule has 0 radical (unpaired) electrons. The molecule has 2 aliphatic rings. The van der Waals surface area contributed by atoms with Crippen molar-refractivity contribution in [2.24, 2.45) is 17.6 Å². The maximum absolute atomic E-state index is 12.4. The molecule has 3 atom stereocenters. The fraction of sp³-hybridized carbons (Fsp3) is 0.769. The lowest BCUT2D eigenvalue weighted by Gasteiger charge is -2.42. The summed E-state index contributed by atoms with van der Waals surface area (Å²) in [7, 11) is 0. The number of carbonyl (C=O) groups excluding carboxylic acids is 2. The zero-order chi connectivity index (χ0) is 14.0. The van der Waals surface area contributed by atoms with E-state index in [1.54, 1.807) is 0 Å². The van der Waals surface area contributed by atoms with Gasteiger partial charge in [0, 0.05) is 25.6 Å². The summed E-state index contributed by atoms with van der Waals surface area (Å²) in [6.45, 7) is 3.32. The van der Waals surface area contributed by atoms with Crippen LogP contribution in [0.3, 0.4) is 0 Å². The molecule has 0 aromatic rings. The molecule has 0 aliphatic carbocycles. The molecule has 6 heteroatoms. The average Bonchev–Trinajstić information content (AvgIpc) is 2.38. The van der Waals surface area contributed by atoms with Crippen molar-refractivity contribution in [2.45, 2.75) is 38.6 Å². The molecule has 3 unspecified atom stereocenters. The number of fused-ring (bicyclic) bond motifs is 1. The zero-order valence-electron chi connectivity index (χ0n) is 11.2. The van der Waals surface area contributed by atoms with Crippen LogP contribution in [-0.2, 0) is 9.59 Å². The lowest BCUT2D eigenvalue weighted by Crippen LogP contribution is -2.56. The number of nitrogens with one attached hydrogen (secondary N) is 1. The molecule has 3 N–H and O–H groups in total. The van der Waals surface area contributed by atoms with Gasteiger partial charge in [0.25, 0.3) is 0 Å². The van der Waals surface area contributed by atoms with E-state index in [2.05, 4.69) is 5.32 Å². The van der Waals surface area contributed by atoms with Crippen molar-refractivity contribution in [3.63, 3.8) is 0 Å². The summed E-state index contributed by atoms with van der Waals surface area (Å²) in [6.07, 6.45) is 2.91. The van der Waals surface area contributed by atoms with Gasteiger partial charge in [0.15, 0.2) is 0 Å². The van der Waals surface area contributed by atoms with Crippen LogP contribution in [0, 0.1) is 11.8 Å². The Bertz CT molecular complexity index is 399. The molecule has 0 aromatic carbocycles. The second-order valence-corrected chi connectivity index (χ2v) is 5.88. The van der Waals surface area contributed by atoms with Crippen molar-refractivity contribution < 1.29 is 9.59 Å². The molecule has 5 nitrogen and oxygen atoms in total. The van der Waals surface area contributed by atoms with Crippen LogP contribution in [0.15, 0.2) is 0 Å². The highest BCUT2D eigenvalue weighted by Gasteiger charge is 2.37. The molecular weight excluding hydrogens is 262 g/mol. The van der Waals surface area contributed by atoms with E-state index in [1.165, 1.54) is 0 Å². The number of hydrogen-bond donors (Lipinski definition) is 2. The number of nitrogens with two attached hydrogens (primary N) is 1. The predicted octanol–water partition coefficient (Wildman–Crippen LogP) is 0.426. The largest absolute Gasteiger partial charge is 0.393 e. The van der Waals surface area contributed by atoms with Crippen LogP contribution in [0.1, 0.15) is 32.6 Å². The van der Waals surface area contributed by atoms with Gasteiger partial charge >= 0.3 is 0 Å². The van der Waals surface area contributed by atoms with E-state index in [9.17, 15) is 9.59 Å². The lowest BCUT2D eigenvalue weighted by molar-refractivity contribution is -0.136. The van der Waals surface area contributed by atoms with Crippen molar-refractivity contribution in [2.75, 3.05) is 13.1 Å². The topological polar surface area (TPSA) is 75.4 Å². The quantitative estimate of drug-likeness (QED) is 0.736. The third-order valence-corrected chi connectivity index (χ3v) is 4.47. The molecule has 106 valence electrons. The van der Waals surface area contributed by atoms with Crippen molar-refractivity contribution in [1.29, 1.82) is 0 Å². The number of likely N-dealkylation sites (tertiary alicyclic amines) is 1. The monoisotopic (exact) mass is 283 g/mol. The molecule has 2 fully saturated rings. The number of amides is 2. The fourth-order valence-corrected chi connectivity index (χ4v) is 3.30. The van der Waals surface area contributed by atoms with Crippen molar-refractivity contribution in [3.8, 4) is 0 Å². The lowest BCUT2D eigenvalue weighted by atomic mass is 9.84.